The molecule has 346 valence electrons. The molecule has 0 fully saturated rings. The van der Waals surface area contributed by atoms with Gasteiger partial charge in [0.1, 0.15) is 0 Å². The zero-order valence-corrected chi connectivity index (χ0v) is 42.3. The van der Waals surface area contributed by atoms with E-state index in [2.05, 4.69) is 260 Å². The van der Waals surface area contributed by atoms with E-state index in [9.17, 15) is 0 Å². The van der Waals surface area contributed by atoms with Crippen molar-refractivity contribution in [3.8, 4) is 33.4 Å². The lowest BCUT2D eigenvalue weighted by atomic mass is 9.61. The van der Waals surface area contributed by atoms with Gasteiger partial charge in [-0.25, -0.2) is 0 Å². The molecule has 0 aliphatic heterocycles. The second kappa shape index (κ2) is 22.4. The molecule has 0 saturated carbocycles. The number of fused-ring (bicyclic) bond motifs is 3. The molecule has 2 atom stereocenters. The van der Waals surface area contributed by atoms with Gasteiger partial charge in [-0.2, -0.15) is 0 Å². The van der Waals surface area contributed by atoms with Crippen LogP contribution in [0.1, 0.15) is 125 Å². The van der Waals surface area contributed by atoms with Gasteiger partial charge in [-0.1, -0.05) is 273 Å². The van der Waals surface area contributed by atoms with Crippen LogP contribution in [0.15, 0.2) is 224 Å². The molecule has 69 heavy (non-hydrogen) atoms. The van der Waals surface area contributed by atoms with Crippen LogP contribution in [-0.2, 0) is 11.8 Å². The fourth-order valence-corrected chi connectivity index (χ4v) is 10.9. The van der Waals surface area contributed by atoms with Crippen molar-refractivity contribution in [1.29, 1.82) is 0 Å². The van der Waals surface area contributed by atoms with Crippen LogP contribution in [0.5, 0.6) is 0 Å². The highest BCUT2D eigenvalue weighted by Crippen LogP contribution is 2.48. The van der Waals surface area contributed by atoms with Crippen LogP contribution in [0.3, 0.4) is 0 Å². The van der Waals surface area contributed by atoms with Crippen molar-refractivity contribution in [3.63, 3.8) is 0 Å². The van der Waals surface area contributed by atoms with Crippen molar-refractivity contribution >= 4 is 16.7 Å². The summed E-state index contributed by atoms with van der Waals surface area (Å²) in [5.74, 6) is 0.874. The minimum atomic E-state index is -0.251. The smallest absolute Gasteiger partial charge is 0.0476 e. The number of unbranched alkanes of at least 4 members (excludes halogenated alkanes) is 1. The zero-order valence-electron chi connectivity index (χ0n) is 42.3. The Morgan fingerprint density at radius 3 is 1.59 bits per heavy atom. The van der Waals surface area contributed by atoms with Gasteiger partial charge in [0.05, 0.1) is 0 Å². The summed E-state index contributed by atoms with van der Waals surface area (Å²) in [5, 5.41) is 0. The summed E-state index contributed by atoms with van der Waals surface area (Å²) in [6, 6.07) is 76.7. The third-order valence-electron chi connectivity index (χ3n) is 14.7. The molecule has 0 N–H and O–H groups in total. The summed E-state index contributed by atoms with van der Waals surface area (Å²) in [7, 11) is 0. The van der Waals surface area contributed by atoms with Gasteiger partial charge < -0.3 is 0 Å². The van der Waals surface area contributed by atoms with Crippen molar-refractivity contribution in [1.82, 2.24) is 0 Å². The van der Waals surface area contributed by atoms with E-state index in [0.29, 0.717) is 11.8 Å². The normalized spacial score (nSPS) is 14.4. The highest BCUT2D eigenvalue weighted by atomic mass is 14.4. The molecule has 0 heteroatoms. The lowest BCUT2D eigenvalue weighted by molar-refractivity contribution is 0.392. The summed E-state index contributed by atoms with van der Waals surface area (Å²) in [6.45, 7) is 18.0. The summed E-state index contributed by atoms with van der Waals surface area (Å²) < 4.78 is 0. The first kappa shape index (κ1) is 48.4. The average molecular weight is 899 g/mol. The van der Waals surface area contributed by atoms with Crippen LogP contribution in [0, 0.1) is 5.92 Å². The van der Waals surface area contributed by atoms with Crippen LogP contribution < -0.4 is 0 Å². The largest absolute Gasteiger partial charge is 0.0764 e. The third kappa shape index (κ3) is 9.95. The molecule has 0 saturated heterocycles. The van der Waals surface area contributed by atoms with Crippen LogP contribution in [0.2, 0.25) is 0 Å². The summed E-state index contributed by atoms with van der Waals surface area (Å²) in [5.41, 5.74) is 23.2. The summed E-state index contributed by atoms with van der Waals surface area (Å²) >= 11 is 0. The van der Waals surface area contributed by atoms with Crippen molar-refractivity contribution in [3.05, 3.63) is 268 Å². The Morgan fingerprint density at radius 2 is 1.04 bits per heavy atom. The van der Waals surface area contributed by atoms with Gasteiger partial charge in [-0.15, -0.1) is 0 Å². The Bertz CT molecular complexity index is 2980. The number of hydrogen-bond donors (Lipinski definition) is 0. The van der Waals surface area contributed by atoms with E-state index >= 15 is 0 Å². The van der Waals surface area contributed by atoms with E-state index in [1.165, 1.54) is 100 Å². The average Bonchev–Trinajstić information content (AvgIpc) is 3.42. The van der Waals surface area contributed by atoms with Crippen molar-refractivity contribution in [2.24, 2.45) is 5.92 Å². The first-order valence-electron chi connectivity index (χ1n) is 25.6. The molecule has 0 nitrogen and oxygen atoms in total. The molecule has 1 aliphatic carbocycles. The molecule has 0 bridgehead atoms. The third-order valence-corrected chi connectivity index (χ3v) is 14.7. The monoisotopic (exact) mass is 899 g/mol. The summed E-state index contributed by atoms with van der Waals surface area (Å²) in [6.07, 6.45) is 9.15. The predicted octanol–water partition coefficient (Wildman–Crippen LogP) is 19.5. The van der Waals surface area contributed by atoms with Gasteiger partial charge in [-0.3, -0.25) is 0 Å². The van der Waals surface area contributed by atoms with Gasteiger partial charge in [-0.05, 0) is 139 Å². The molecule has 9 rings (SSSR count). The highest BCUT2D eigenvalue weighted by Gasteiger charge is 2.40. The Kier molecular flexibility index (Phi) is 15.7. The van der Waals surface area contributed by atoms with E-state index in [1.54, 1.807) is 0 Å². The van der Waals surface area contributed by atoms with E-state index in [-0.39, 0.29) is 5.41 Å². The molecule has 0 aromatic heterocycles. The zero-order chi connectivity index (χ0) is 48.3. The lowest BCUT2D eigenvalue weighted by Gasteiger charge is -2.41. The number of rotatable bonds is 14. The van der Waals surface area contributed by atoms with Crippen molar-refractivity contribution in [2.75, 3.05) is 0 Å². The topological polar surface area (TPSA) is 0 Å². The van der Waals surface area contributed by atoms with Crippen LogP contribution in [-0.4, -0.2) is 0 Å². The molecule has 8 aromatic rings. The Balaban J connectivity index is 0.00000317. The van der Waals surface area contributed by atoms with E-state index in [4.69, 9.17) is 0 Å². The molecule has 0 amide bonds. The molecular weight excluding hydrogens is 829 g/mol. The van der Waals surface area contributed by atoms with Gasteiger partial charge >= 0.3 is 0 Å². The van der Waals surface area contributed by atoms with Gasteiger partial charge in [0.2, 0.25) is 0 Å². The Morgan fingerprint density at radius 1 is 0.551 bits per heavy atom. The highest BCUT2D eigenvalue weighted by molar-refractivity contribution is 5.97. The molecule has 2 unspecified atom stereocenters. The second-order valence-electron chi connectivity index (χ2n) is 18.8. The maximum Gasteiger partial charge on any atom is 0.0476 e. The molecule has 0 heterocycles. The van der Waals surface area contributed by atoms with Gasteiger partial charge in [0.15, 0.2) is 0 Å². The van der Waals surface area contributed by atoms with E-state index in [1.807, 2.05) is 13.8 Å². The molecule has 8 aromatic carbocycles. The standard InChI is InChI=1S/C67H64.C2H6/c1-7-9-29-63(50(6)65(55-22-13-10-14-23-55)46-48(4)62-32-21-31-61-47(3)45-57-24-19-20-30-64(57)66(61)62)56-39-37-53(38-40-56)51-33-35-52(36-34-51)54-41-43-60(44-42-54)67(49(5)8-2,58-25-15-11-16-26-58)59-27-17-12-18-28-59;1-2/h10-44,46-47,49H,7-9,45H2,1-6H3;1-2H3/b48-46+,63-29+,65-50+;. The Labute approximate surface area is 414 Å². The summed E-state index contributed by atoms with van der Waals surface area (Å²) in [4.78, 5) is 0. The van der Waals surface area contributed by atoms with Crippen LogP contribution >= 0.6 is 0 Å². The van der Waals surface area contributed by atoms with Gasteiger partial charge in [0, 0.05) is 5.41 Å². The second-order valence-corrected chi connectivity index (χ2v) is 18.8. The minimum Gasteiger partial charge on any atom is -0.0764 e. The molecule has 1 aliphatic rings. The van der Waals surface area contributed by atoms with E-state index in [0.717, 1.165) is 25.7 Å². The SMILES string of the molecule is CC.CCC\C=C(/C(C)=C(\C=C(/C)c1cccc2c1-c1ccccc1CC2C)c1ccccc1)c1ccc(-c2ccc(-c3ccc(C(c4ccccc4)(c4ccccc4)C(C)CC)cc3)cc2)cc1. The fraction of sp³-hybridized carbons (Fsp3) is 0.217. The maximum atomic E-state index is 2.45. The number of hydrogen-bond acceptors (Lipinski definition) is 0. The maximum absolute atomic E-state index is 2.45. The van der Waals surface area contributed by atoms with Crippen molar-refractivity contribution in [2.45, 2.75) is 92.4 Å². The number of allylic oxidation sites excluding steroid dienone is 6. The first-order valence-corrected chi connectivity index (χ1v) is 25.6. The Hall–Kier alpha value is -7.02. The quantitative estimate of drug-likeness (QED) is 0.0754. The molecular formula is C69H70. The predicted molar refractivity (Wildman–Crippen MR) is 300 cm³/mol. The number of benzene rings is 8. The van der Waals surface area contributed by atoms with Crippen molar-refractivity contribution < 1.29 is 0 Å². The first-order chi connectivity index (χ1) is 33.8. The molecule has 0 radical (unpaired) electrons. The fourth-order valence-electron chi connectivity index (χ4n) is 10.9. The minimum absolute atomic E-state index is 0.251. The molecule has 0 spiro atoms. The van der Waals surface area contributed by atoms with Gasteiger partial charge in [0.25, 0.3) is 0 Å². The van der Waals surface area contributed by atoms with Crippen LogP contribution in [0.4, 0.5) is 0 Å². The van der Waals surface area contributed by atoms with E-state index < -0.39 is 0 Å². The lowest BCUT2D eigenvalue weighted by Crippen LogP contribution is -2.36. The van der Waals surface area contributed by atoms with Crippen LogP contribution in [0.25, 0.3) is 50.1 Å².